The zero-order chi connectivity index (χ0) is 13.1. The van der Waals surface area contributed by atoms with Crippen LogP contribution in [0.4, 0.5) is 0 Å². The first-order valence-electron chi connectivity index (χ1n) is 6.62. The molecule has 2 heterocycles. The van der Waals surface area contributed by atoms with Crippen LogP contribution in [0.2, 0.25) is 0 Å². The standard InChI is InChI=1S/C13H18N6.HI/c1-14-13(16-10-5-6-10)15-8-7-12-18-17-11-4-2-3-9-19(11)12;/h2-4,9-10H,5-8H2,1H3,(H2,14,15,16);1H. The van der Waals surface area contributed by atoms with Gasteiger partial charge in [-0.15, -0.1) is 34.2 Å². The Hall–Kier alpha value is -1.38. The van der Waals surface area contributed by atoms with E-state index in [0.717, 1.165) is 30.4 Å². The number of guanidine groups is 1. The molecule has 1 fully saturated rings. The Labute approximate surface area is 135 Å². The number of hydrogen-bond acceptors (Lipinski definition) is 3. The van der Waals surface area contributed by atoms with Crippen LogP contribution in [-0.2, 0) is 6.42 Å². The first kappa shape index (κ1) is 15.0. The SMILES string of the molecule is CN=C(NCCc1nnc2ccccn12)NC1CC1.I. The highest BCUT2D eigenvalue weighted by Crippen LogP contribution is 2.18. The minimum absolute atomic E-state index is 0. The highest BCUT2D eigenvalue weighted by Gasteiger charge is 2.21. The lowest BCUT2D eigenvalue weighted by atomic mass is 10.4. The van der Waals surface area contributed by atoms with Gasteiger partial charge >= 0.3 is 0 Å². The molecule has 0 radical (unpaired) electrons. The molecule has 3 rings (SSSR count). The molecule has 0 amide bonds. The summed E-state index contributed by atoms with van der Waals surface area (Å²) in [6, 6.07) is 6.52. The summed E-state index contributed by atoms with van der Waals surface area (Å²) in [6.07, 6.45) is 5.30. The van der Waals surface area contributed by atoms with E-state index in [2.05, 4.69) is 25.8 Å². The maximum atomic E-state index is 4.20. The molecular formula is C13H19IN6. The molecule has 2 aromatic heterocycles. The van der Waals surface area contributed by atoms with E-state index in [1.54, 1.807) is 7.05 Å². The molecule has 1 aliphatic rings. The average Bonchev–Trinajstić information content (AvgIpc) is 3.17. The molecule has 2 aromatic rings. The van der Waals surface area contributed by atoms with E-state index < -0.39 is 0 Å². The molecule has 20 heavy (non-hydrogen) atoms. The van der Waals surface area contributed by atoms with Crippen molar-refractivity contribution >= 4 is 35.6 Å². The van der Waals surface area contributed by atoms with E-state index in [4.69, 9.17) is 0 Å². The third-order valence-electron chi connectivity index (χ3n) is 3.17. The second-order valence-electron chi connectivity index (χ2n) is 4.71. The van der Waals surface area contributed by atoms with Crippen LogP contribution in [0.25, 0.3) is 5.65 Å². The van der Waals surface area contributed by atoms with Crippen molar-refractivity contribution < 1.29 is 0 Å². The summed E-state index contributed by atoms with van der Waals surface area (Å²) in [7, 11) is 1.80. The van der Waals surface area contributed by atoms with Gasteiger partial charge in [-0.25, -0.2) is 0 Å². The van der Waals surface area contributed by atoms with Crippen LogP contribution in [0.3, 0.4) is 0 Å². The van der Waals surface area contributed by atoms with Crippen LogP contribution in [0.15, 0.2) is 29.4 Å². The molecule has 6 nitrogen and oxygen atoms in total. The molecule has 0 bridgehead atoms. The molecule has 0 unspecified atom stereocenters. The van der Waals surface area contributed by atoms with E-state index in [0.29, 0.717) is 6.04 Å². The van der Waals surface area contributed by atoms with Gasteiger partial charge < -0.3 is 10.6 Å². The summed E-state index contributed by atoms with van der Waals surface area (Å²) in [5.41, 5.74) is 0.887. The van der Waals surface area contributed by atoms with E-state index in [-0.39, 0.29) is 24.0 Å². The van der Waals surface area contributed by atoms with Crippen molar-refractivity contribution in [2.24, 2.45) is 4.99 Å². The Kier molecular flexibility index (Phi) is 5.16. The van der Waals surface area contributed by atoms with Crippen molar-refractivity contribution in [2.75, 3.05) is 13.6 Å². The molecule has 0 aromatic carbocycles. The number of halogens is 1. The van der Waals surface area contributed by atoms with Crippen LogP contribution in [0, 0.1) is 0 Å². The van der Waals surface area contributed by atoms with Gasteiger partial charge in [0, 0.05) is 32.3 Å². The maximum absolute atomic E-state index is 4.20. The number of fused-ring (bicyclic) bond motifs is 1. The molecule has 2 N–H and O–H groups in total. The monoisotopic (exact) mass is 386 g/mol. The summed E-state index contributed by atoms with van der Waals surface area (Å²) >= 11 is 0. The van der Waals surface area contributed by atoms with Crippen LogP contribution in [0.5, 0.6) is 0 Å². The quantitative estimate of drug-likeness (QED) is 0.471. The number of aliphatic imine (C=N–C) groups is 1. The fraction of sp³-hybridized carbons (Fsp3) is 0.462. The number of rotatable bonds is 4. The van der Waals surface area contributed by atoms with Gasteiger partial charge in [-0.2, -0.15) is 0 Å². The zero-order valence-corrected chi connectivity index (χ0v) is 13.7. The fourth-order valence-electron chi connectivity index (χ4n) is 1.97. The van der Waals surface area contributed by atoms with E-state index in [1.807, 2.05) is 28.8 Å². The van der Waals surface area contributed by atoms with Gasteiger partial charge in [-0.1, -0.05) is 6.07 Å². The Bertz CT molecular complexity index is 589. The van der Waals surface area contributed by atoms with Crippen molar-refractivity contribution in [3.05, 3.63) is 30.2 Å². The fourth-order valence-corrected chi connectivity index (χ4v) is 1.97. The number of hydrogen-bond donors (Lipinski definition) is 2. The highest BCUT2D eigenvalue weighted by molar-refractivity contribution is 14.0. The number of nitrogens with zero attached hydrogens (tertiary/aromatic N) is 4. The second kappa shape index (κ2) is 6.87. The van der Waals surface area contributed by atoms with E-state index in [1.165, 1.54) is 12.8 Å². The van der Waals surface area contributed by atoms with Crippen LogP contribution in [0.1, 0.15) is 18.7 Å². The molecule has 1 aliphatic carbocycles. The number of nitrogens with one attached hydrogen (secondary N) is 2. The minimum atomic E-state index is 0. The van der Waals surface area contributed by atoms with Gasteiger partial charge in [-0.05, 0) is 25.0 Å². The van der Waals surface area contributed by atoms with Crippen LogP contribution >= 0.6 is 24.0 Å². The zero-order valence-electron chi connectivity index (χ0n) is 11.4. The Morgan fingerprint density at radius 1 is 1.40 bits per heavy atom. The smallest absolute Gasteiger partial charge is 0.191 e. The first-order valence-corrected chi connectivity index (χ1v) is 6.62. The Morgan fingerprint density at radius 3 is 3.00 bits per heavy atom. The first-order chi connectivity index (χ1) is 9.36. The van der Waals surface area contributed by atoms with Crippen molar-refractivity contribution in [2.45, 2.75) is 25.3 Å². The molecule has 7 heteroatoms. The lowest BCUT2D eigenvalue weighted by Crippen LogP contribution is -2.39. The third-order valence-corrected chi connectivity index (χ3v) is 3.17. The van der Waals surface area contributed by atoms with Gasteiger partial charge in [0.1, 0.15) is 5.82 Å². The Morgan fingerprint density at radius 2 is 2.25 bits per heavy atom. The summed E-state index contributed by atoms with van der Waals surface area (Å²) in [6.45, 7) is 0.794. The lowest BCUT2D eigenvalue weighted by molar-refractivity contribution is 0.759. The van der Waals surface area contributed by atoms with Crippen molar-refractivity contribution in [1.29, 1.82) is 0 Å². The number of pyridine rings is 1. The molecule has 0 atom stereocenters. The highest BCUT2D eigenvalue weighted by atomic mass is 127. The van der Waals surface area contributed by atoms with Gasteiger partial charge in [0.05, 0.1) is 0 Å². The average molecular weight is 386 g/mol. The summed E-state index contributed by atoms with van der Waals surface area (Å²) in [5, 5.41) is 15.0. The molecular weight excluding hydrogens is 367 g/mol. The normalized spacial score (nSPS) is 14.9. The van der Waals surface area contributed by atoms with Crippen LogP contribution in [-0.4, -0.2) is 40.2 Å². The van der Waals surface area contributed by atoms with Gasteiger partial charge in [-0.3, -0.25) is 9.39 Å². The predicted molar refractivity (Wildman–Crippen MR) is 89.6 cm³/mol. The number of aromatic nitrogens is 3. The van der Waals surface area contributed by atoms with Crippen molar-refractivity contribution in [3.8, 4) is 0 Å². The minimum Gasteiger partial charge on any atom is -0.356 e. The van der Waals surface area contributed by atoms with Crippen molar-refractivity contribution in [1.82, 2.24) is 25.2 Å². The topological polar surface area (TPSA) is 66.6 Å². The molecule has 0 spiro atoms. The molecule has 0 saturated heterocycles. The molecule has 0 aliphatic heterocycles. The summed E-state index contributed by atoms with van der Waals surface area (Å²) < 4.78 is 2.01. The summed E-state index contributed by atoms with van der Waals surface area (Å²) in [4.78, 5) is 4.20. The lowest BCUT2D eigenvalue weighted by Gasteiger charge is -2.10. The Balaban J connectivity index is 0.00000147. The van der Waals surface area contributed by atoms with Crippen molar-refractivity contribution in [3.63, 3.8) is 0 Å². The third kappa shape index (κ3) is 3.59. The predicted octanol–water partition coefficient (Wildman–Crippen LogP) is 1.22. The summed E-state index contributed by atoms with van der Waals surface area (Å²) in [5.74, 6) is 1.83. The second-order valence-corrected chi connectivity index (χ2v) is 4.71. The van der Waals surface area contributed by atoms with E-state index in [9.17, 15) is 0 Å². The van der Waals surface area contributed by atoms with Crippen LogP contribution < -0.4 is 10.6 Å². The van der Waals surface area contributed by atoms with Gasteiger partial charge in [0.25, 0.3) is 0 Å². The van der Waals surface area contributed by atoms with Gasteiger partial charge in [0.15, 0.2) is 11.6 Å². The molecule has 108 valence electrons. The maximum Gasteiger partial charge on any atom is 0.191 e. The van der Waals surface area contributed by atoms with E-state index >= 15 is 0 Å². The largest absolute Gasteiger partial charge is 0.356 e. The van der Waals surface area contributed by atoms with Gasteiger partial charge in [0.2, 0.25) is 0 Å². The molecule has 1 saturated carbocycles.